The molecule has 132 valence electrons. The van der Waals surface area contributed by atoms with E-state index in [-0.39, 0.29) is 0 Å². The smallest absolute Gasteiger partial charge is 0.206 e. The van der Waals surface area contributed by atoms with Gasteiger partial charge < -0.3 is 10.4 Å². The van der Waals surface area contributed by atoms with E-state index < -0.39 is 6.04 Å². The lowest BCUT2D eigenvalue weighted by Gasteiger charge is -2.17. The van der Waals surface area contributed by atoms with Gasteiger partial charge in [-0.3, -0.25) is 0 Å². The Labute approximate surface area is 153 Å². The fraction of sp³-hybridized carbons (Fsp3) is 0.182. The molecule has 0 aliphatic carbocycles. The zero-order valence-electron chi connectivity index (χ0n) is 15.2. The number of oxime groups is 1. The van der Waals surface area contributed by atoms with Gasteiger partial charge in [0.2, 0.25) is 6.04 Å². The molecule has 4 heteroatoms. The van der Waals surface area contributed by atoms with Crippen LogP contribution in [0.4, 0.5) is 0 Å². The number of hydrogen-bond acceptors (Lipinski definition) is 3. The molecule has 3 aromatic rings. The maximum atomic E-state index is 13.0. The monoisotopic (exact) mass is 346 g/mol. The fourth-order valence-electron chi connectivity index (χ4n) is 3.17. The predicted octanol–water partition coefficient (Wildman–Crippen LogP) is 4.73. The van der Waals surface area contributed by atoms with Crippen LogP contribution in [0.15, 0.2) is 71.9 Å². The summed E-state index contributed by atoms with van der Waals surface area (Å²) < 4.78 is 0.913. The molecule has 0 amide bonds. The molecule has 0 bridgehead atoms. The van der Waals surface area contributed by atoms with Crippen molar-refractivity contribution in [3.8, 4) is 0 Å². The number of aryl methyl sites for hydroxylation is 1. The van der Waals surface area contributed by atoms with Crippen molar-refractivity contribution in [3.63, 3.8) is 0 Å². The van der Waals surface area contributed by atoms with Crippen LogP contribution >= 0.6 is 0 Å². The summed E-state index contributed by atoms with van der Waals surface area (Å²) in [5.74, 6) is 0. The van der Waals surface area contributed by atoms with Crippen LogP contribution in [0.5, 0.6) is 0 Å². The van der Waals surface area contributed by atoms with Crippen LogP contribution in [0.1, 0.15) is 30.5 Å². The second-order valence-corrected chi connectivity index (χ2v) is 6.47. The van der Waals surface area contributed by atoms with E-state index in [1.165, 1.54) is 0 Å². The van der Waals surface area contributed by atoms with Gasteiger partial charge in [-0.25, -0.2) is 4.74 Å². The molecule has 1 N–H and O–H groups in total. The Bertz CT molecular complexity index is 983. The second-order valence-electron chi connectivity index (χ2n) is 6.47. The van der Waals surface area contributed by atoms with Gasteiger partial charge in [0.15, 0.2) is 11.4 Å². The van der Waals surface area contributed by atoms with Crippen LogP contribution in [-0.4, -0.2) is 27.4 Å². The van der Waals surface area contributed by atoms with E-state index in [1.807, 2.05) is 73.7 Å². The summed E-state index contributed by atoms with van der Waals surface area (Å²) in [5.41, 5.74) is 3.65. The van der Waals surface area contributed by atoms with Gasteiger partial charge >= 0.3 is 0 Å². The Morgan fingerprint density at radius 3 is 2.35 bits per heavy atom. The van der Waals surface area contributed by atoms with Crippen LogP contribution in [-0.2, 0) is 0 Å². The van der Waals surface area contributed by atoms with Gasteiger partial charge in [0.25, 0.3) is 0 Å². The van der Waals surface area contributed by atoms with Crippen molar-refractivity contribution >= 4 is 22.2 Å². The van der Waals surface area contributed by atoms with Gasteiger partial charge in [-0.1, -0.05) is 71.4 Å². The highest BCUT2D eigenvalue weighted by Gasteiger charge is 2.23. The average molecular weight is 346 g/mol. The summed E-state index contributed by atoms with van der Waals surface area (Å²) in [5, 5.41) is 28.0. The van der Waals surface area contributed by atoms with Crippen LogP contribution in [0.25, 0.3) is 10.8 Å². The molecule has 0 aliphatic rings. The molecule has 0 radical (unpaired) electrons. The van der Waals surface area contributed by atoms with E-state index in [0.29, 0.717) is 11.4 Å². The Morgan fingerprint density at radius 2 is 1.65 bits per heavy atom. The highest BCUT2D eigenvalue weighted by Crippen LogP contribution is 2.20. The molecule has 0 spiro atoms. The van der Waals surface area contributed by atoms with Crippen LogP contribution in [0, 0.1) is 12.1 Å². The summed E-state index contributed by atoms with van der Waals surface area (Å²) >= 11 is 0. The number of rotatable bonds is 4. The van der Waals surface area contributed by atoms with E-state index >= 15 is 0 Å². The first kappa shape index (κ1) is 17.7. The SMILES string of the molecule is CC(c1cccc2ccccc12)=[N+]([O-])C(C)/C(=N/O)c1ccc(C)cc1. The second kappa shape index (κ2) is 7.40. The standard InChI is InChI=1S/C22H22N2O2/c1-15-11-13-19(14-12-15)22(23-25)17(3)24(26)16(2)20-10-6-8-18-7-4-5-9-21(18)20/h4-14,17,25H,1-3H3/b23-22-,24-16?. The minimum atomic E-state index is -0.623. The number of hydroxylamine groups is 1. The number of fused-ring (bicyclic) bond motifs is 1. The van der Waals surface area contributed by atoms with Crippen molar-refractivity contribution in [1.29, 1.82) is 0 Å². The van der Waals surface area contributed by atoms with Crippen molar-refractivity contribution in [2.45, 2.75) is 26.8 Å². The van der Waals surface area contributed by atoms with Gasteiger partial charge in [-0.05, 0) is 23.8 Å². The molecule has 0 aromatic heterocycles. The van der Waals surface area contributed by atoms with E-state index in [4.69, 9.17) is 0 Å². The van der Waals surface area contributed by atoms with Gasteiger partial charge in [0, 0.05) is 25.0 Å². The van der Waals surface area contributed by atoms with E-state index in [1.54, 1.807) is 13.8 Å². The maximum Gasteiger partial charge on any atom is 0.206 e. The summed E-state index contributed by atoms with van der Waals surface area (Å²) in [4.78, 5) is 0. The van der Waals surface area contributed by atoms with Gasteiger partial charge in [0.1, 0.15) is 0 Å². The normalized spacial score (nSPS) is 14.2. The fourth-order valence-corrected chi connectivity index (χ4v) is 3.17. The third-order valence-corrected chi connectivity index (χ3v) is 4.71. The minimum Gasteiger partial charge on any atom is -0.623 e. The van der Waals surface area contributed by atoms with Crippen molar-refractivity contribution in [2.75, 3.05) is 0 Å². The molecule has 0 heterocycles. The van der Waals surface area contributed by atoms with E-state index in [0.717, 1.165) is 32.2 Å². The molecule has 0 saturated heterocycles. The molecular weight excluding hydrogens is 324 g/mol. The van der Waals surface area contributed by atoms with Crippen molar-refractivity contribution in [2.24, 2.45) is 5.16 Å². The summed E-state index contributed by atoms with van der Waals surface area (Å²) in [6.07, 6.45) is 0. The molecule has 1 unspecified atom stereocenters. The van der Waals surface area contributed by atoms with E-state index in [2.05, 4.69) is 5.16 Å². The molecule has 0 fully saturated rings. The zero-order valence-corrected chi connectivity index (χ0v) is 15.2. The van der Waals surface area contributed by atoms with Crippen molar-refractivity contribution < 1.29 is 9.95 Å². The van der Waals surface area contributed by atoms with Gasteiger partial charge in [-0.2, -0.15) is 0 Å². The largest absolute Gasteiger partial charge is 0.623 e. The summed E-state index contributed by atoms with van der Waals surface area (Å²) in [6, 6.07) is 20.9. The maximum absolute atomic E-state index is 13.0. The first-order valence-corrected chi connectivity index (χ1v) is 8.60. The van der Waals surface area contributed by atoms with Crippen molar-refractivity contribution in [3.05, 3.63) is 88.6 Å². The Morgan fingerprint density at radius 1 is 1.00 bits per heavy atom. The summed E-state index contributed by atoms with van der Waals surface area (Å²) in [7, 11) is 0. The first-order valence-electron chi connectivity index (χ1n) is 8.60. The van der Waals surface area contributed by atoms with E-state index in [9.17, 15) is 10.4 Å². The average Bonchev–Trinajstić information content (AvgIpc) is 2.68. The minimum absolute atomic E-state index is 0.347. The van der Waals surface area contributed by atoms with Gasteiger partial charge in [-0.15, -0.1) is 0 Å². The lowest BCUT2D eigenvalue weighted by Crippen LogP contribution is -2.32. The lowest BCUT2D eigenvalue weighted by molar-refractivity contribution is -0.476. The molecule has 0 saturated carbocycles. The van der Waals surface area contributed by atoms with Crippen LogP contribution in [0.3, 0.4) is 0 Å². The number of hydrogen-bond donors (Lipinski definition) is 1. The molecule has 3 aromatic carbocycles. The molecule has 3 rings (SSSR count). The Balaban J connectivity index is 2.04. The lowest BCUT2D eigenvalue weighted by atomic mass is 10.00. The first-order chi connectivity index (χ1) is 12.5. The molecule has 0 aliphatic heterocycles. The molecular formula is C22H22N2O2. The third kappa shape index (κ3) is 3.31. The molecule has 1 atom stereocenters. The van der Waals surface area contributed by atoms with Crippen LogP contribution in [0.2, 0.25) is 0 Å². The predicted molar refractivity (Wildman–Crippen MR) is 106 cm³/mol. The number of benzene rings is 3. The number of nitrogens with zero attached hydrogens (tertiary/aromatic N) is 2. The molecule has 26 heavy (non-hydrogen) atoms. The van der Waals surface area contributed by atoms with Crippen LogP contribution < -0.4 is 0 Å². The highest BCUT2D eigenvalue weighted by molar-refractivity contribution is 6.08. The Hall–Kier alpha value is -3.14. The zero-order chi connectivity index (χ0) is 18.7. The third-order valence-electron chi connectivity index (χ3n) is 4.71. The van der Waals surface area contributed by atoms with Crippen molar-refractivity contribution in [1.82, 2.24) is 0 Å². The topological polar surface area (TPSA) is 58.7 Å². The Kier molecular flexibility index (Phi) is 5.03. The molecule has 4 nitrogen and oxygen atoms in total. The quantitative estimate of drug-likeness (QED) is 0.244. The van der Waals surface area contributed by atoms with Gasteiger partial charge in [0.05, 0.1) is 0 Å². The highest BCUT2D eigenvalue weighted by atomic mass is 16.5. The summed E-state index contributed by atoms with van der Waals surface area (Å²) in [6.45, 7) is 5.53.